The quantitative estimate of drug-likeness (QED) is 0.644. The van der Waals surface area contributed by atoms with Gasteiger partial charge in [0.25, 0.3) is 0 Å². The van der Waals surface area contributed by atoms with Crippen molar-refractivity contribution in [2.75, 3.05) is 0 Å². The van der Waals surface area contributed by atoms with Gasteiger partial charge < -0.3 is 15.3 Å². The van der Waals surface area contributed by atoms with E-state index in [1.165, 1.54) is 0 Å². The molecule has 4 heteroatoms. The number of hydrogen-bond donors (Lipinski definition) is 3. The summed E-state index contributed by atoms with van der Waals surface area (Å²) < 4.78 is 0. The van der Waals surface area contributed by atoms with Crippen molar-refractivity contribution < 1.29 is 20.1 Å². The van der Waals surface area contributed by atoms with E-state index >= 15 is 0 Å². The lowest BCUT2D eigenvalue weighted by molar-refractivity contribution is -0.198. The number of carbonyl (C=O) groups is 1. The molecule has 0 aromatic rings. The zero-order chi connectivity index (χ0) is 18.1. The van der Waals surface area contributed by atoms with Gasteiger partial charge in [0.2, 0.25) is 0 Å². The largest absolute Gasteiger partial charge is 0.388 e. The van der Waals surface area contributed by atoms with Crippen molar-refractivity contribution in [3.63, 3.8) is 0 Å². The number of Topliss-reactive ketones (excluding diaryl/α,β-unsaturated/α-hetero) is 1. The SMILES string of the molecule is C=CC1(C)CCC2=C(C(O)C(=O)C3(O)C(C)(C)CCCC23C)C1O. The van der Waals surface area contributed by atoms with E-state index in [4.69, 9.17) is 0 Å². The summed E-state index contributed by atoms with van der Waals surface area (Å²) in [6.07, 6.45) is 3.05. The average Bonchev–Trinajstić information content (AvgIpc) is 2.52. The minimum absolute atomic E-state index is 0.415. The van der Waals surface area contributed by atoms with E-state index in [-0.39, 0.29) is 0 Å². The summed E-state index contributed by atoms with van der Waals surface area (Å²) in [4.78, 5) is 13.1. The zero-order valence-corrected chi connectivity index (χ0v) is 15.2. The van der Waals surface area contributed by atoms with Crippen LogP contribution in [0.2, 0.25) is 0 Å². The van der Waals surface area contributed by atoms with Gasteiger partial charge in [0.05, 0.1) is 6.10 Å². The molecule has 0 aliphatic heterocycles. The number of aliphatic hydroxyl groups is 3. The standard InChI is InChI=1S/C20H30O4/c1-6-18(4)11-8-12-13(15(18)22)14(21)16(23)20(24)17(2,3)9-7-10-19(12,20)5/h6,14-15,21-22,24H,1,7-11H2,2-5H3. The molecule has 0 heterocycles. The van der Waals surface area contributed by atoms with Gasteiger partial charge in [0, 0.05) is 16.2 Å². The molecule has 4 nitrogen and oxygen atoms in total. The van der Waals surface area contributed by atoms with Gasteiger partial charge in [-0.05, 0) is 31.3 Å². The van der Waals surface area contributed by atoms with Gasteiger partial charge in [-0.2, -0.15) is 0 Å². The lowest BCUT2D eigenvalue weighted by Gasteiger charge is -2.62. The van der Waals surface area contributed by atoms with E-state index in [1.54, 1.807) is 6.08 Å². The highest BCUT2D eigenvalue weighted by atomic mass is 16.3. The summed E-state index contributed by atoms with van der Waals surface area (Å²) in [5, 5.41) is 33.3. The van der Waals surface area contributed by atoms with Crippen molar-refractivity contribution in [2.45, 2.75) is 77.6 Å². The molecule has 134 valence electrons. The predicted octanol–water partition coefficient (Wildman–Crippen LogP) is 2.52. The molecule has 3 rings (SSSR count). The van der Waals surface area contributed by atoms with Crippen LogP contribution >= 0.6 is 0 Å². The summed E-state index contributed by atoms with van der Waals surface area (Å²) in [6, 6.07) is 0. The van der Waals surface area contributed by atoms with Crippen LogP contribution in [0.25, 0.3) is 0 Å². The second kappa shape index (κ2) is 5.03. The third kappa shape index (κ3) is 1.82. The molecule has 1 fully saturated rings. The Labute approximate surface area is 144 Å². The smallest absolute Gasteiger partial charge is 0.198 e. The third-order valence-electron chi connectivity index (χ3n) is 7.47. The molecule has 3 aliphatic rings. The normalized spacial score (nSPS) is 47.9. The van der Waals surface area contributed by atoms with Crippen LogP contribution in [0.15, 0.2) is 23.8 Å². The topological polar surface area (TPSA) is 77.8 Å². The Bertz CT molecular complexity index is 634. The summed E-state index contributed by atoms with van der Waals surface area (Å²) in [6.45, 7) is 11.5. The van der Waals surface area contributed by atoms with Crippen LogP contribution in [-0.4, -0.2) is 38.9 Å². The summed E-state index contributed by atoms with van der Waals surface area (Å²) in [7, 11) is 0. The van der Waals surface area contributed by atoms with Gasteiger partial charge in [-0.1, -0.05) is 45.8 Å². The van der Waals surface area contributed by atoms with Crippen molar-refractivity contribution in [3.8, 4) is 0 Å². The van der Waals surface area contributed by atoms with Crippen LogP contribution in [-0.2, 0) is 4.79 Å². The molecule has 0 saturated heterocycles. The van der Waals surface area contributed by atoms with E-state index in [9.17, 15) is 20.1 Å². The van der Waals surface area contributed by atoms with Crippen molar-refractivity contribution in [1.29, 1.82) is 0 Å². The zero-order valence-electron chi connectivity index (χ0n) is 15.2. The second-order valence-electron chi connectivity index (χ2n) is 9.09. The first-order valence-electron chi connectivity index (χ1n) is 8.96. The molecular formula is C20H30O4. The number of aliphatic hydroxyl groups excluding tert-OH is 2. The van der Waals surface area contributed by atoms with E-state index < -0.39 is 39.8 Å². The minimum atomic E-state index is -1.60. The number of carbonyl (C=O) groups excluding carboxylic acids is 1. The molecule has 0 aromatic carbocycles. The maximum Gasteiger partial charge on any atom is 0.198 e. The van der Waals surface area contributed by atoms with Gasteiger partial charge in [0.1, 0.15) is 11.7 Å². The van der Waals surface area contributed by atoms with Crippen LogP contribution in [0.5, 0.6) is 0 Å². The molecule has 5 atom stereocenters. The van der Waals surface area contributed by atoms with E-state index in [2.05, 4.69) is 6.58 Å². The maximum atomic E-state index is 13.1. The molecule has 1 saturated carbocycles. The van der Waals surface area contributed by atoms with Gasteiger partial charge >= 0.3 is 0 Å². The summed E-state index contributed by atoms with van der Waals surface area (Å²) in [5.74, 6) is -0.555. The Morgan fingerprint density at radius 3 is 2.33 bits per heavy atom. The molecule has 3 aliphatic carbocycles. The van der Waals surface area contributed by atoms with Crippen LogP contribution in [0.3, 0.4) is 0 Å². The highest BCUT2D eigenvalue weighted by molar-refractivity contribution is 5.97. The first-order valence-corrected chi connectivity index (χ1v) is 8.96. The molecular weight excluding hydrogens is 304 g/mol. The molecule has 0 amide bonds. The Kier molecular flexibility index (Phi) is 3.74. The van der Waals surface area contributed by atoms with Crippen molar-refractivity contribution in [1.82, 2.24) is 0 Å². The first-order chi connectivity index (χ1) is 11.0. The van der Waals surface area contributed by atoms with Gasteiger partial charge in [-0.25, -0.2) is 0 Å². The molecule has 5 unspecified atom stereocenters. The van der Waals surface area contributed by atoms with E-state index in [0.29, 0.717) is 24.8 Å². The Morgan fingerprint density at radius 1 is 1.12 bits per heavy atom. The first kappa shape index (κ1) is 17.8. The molecule has 24 heavy (non-hydrogen) atoms. The van der Waals surface area contributed by atoms with E-state index in [0.717, 1.165) is 18.4 Å². The van der Waals surface area contributed by atoms with Crippen LogP contribution in [0.1, 0.15) is 59.8 Å². The van der Waals surface area contributed by atoms with Gasteiger partial charge in [-0.3, -0.25) is 4.79 Å². The highest BCUT2D eigenvalue weighted by Gasteiger charge is 2.69. The third-order valence-corrected chi connectivity index (χ3v) is 7.47. The fourth-order valence-corrected chi connectivity index (χ4v) is 5.62. The lowest BCUT2D eigenvalue weighted by atomic mass is 9.44. The maximum absolute atomic E-state index is 13.1. The average molecular weight is 334 g/mol. The molecule has 3 N–H and O–H groups in total. The minimum Gasteiger partial charge on any atom is -0.388 e. The van der Waals surface area contributed by atoms with Crippen molar-refractivity contribution >= 4 is 5.78 Å². The summed E-state index contributed by atoms with van der Waals surface area (Å²) >= 11 is 0. The van der Waals surface area contributed by atoms with Gasteiger partial charge in [-0.15, -0.1) is 6.58 Å². The number of fused-ring (bicyclic) bond motifs is 2. The lowest BCUT2D eigenvalue weighted by Crippen LogP contribution is -2.70. The Balaban J connectivity index is 2.26. The van der Waals surface area contributed by atoms with E-state index in [1.807, 2.05) is 27.7 Å². The highest BCUT2D eigenvalue weighted by Crippen LogP contribution is 2.63. The number of hydrogen-bond acceptors (Lipinski definition) is 4. The monoisotopic (exact) mass is 334 g/mol. The fourth-order valence-electron chi connectivity index (χ4n) is 5.62. The van der Waals surface area contributed by atoms with Crippen LogP contribution in [0, 0.1) is 16.2 Å². The Hall–Kier alpha value is -0.970. The number of ketones is 1. The van der Waals surface area contributed by atoms with Gasteiger partial charge in [0.15, 0.2) is 5.78 Å². The summed E-state index contributed by atoms with van der Waals surface area (Å²) in [5.41, 5.74) is -2.20. The van der Waals surface area contributed by atoms with Crippen LogP contribution in [0.4, 0.5) is 0 Å². The Morgan fingerprint density at radius 2 is 1.75 bits per heavy atom. The van der Waals surface area contributed by atoms with Crippen molar-refractivity contribution in [3.05, 3.63) is 23.8 Å². The van der Waals surface area contributed by atoms with Crippen LogP contribution < -0.4 is 0 Å². The molecule has 0 aromatic heterocycles. The molecule has 0 spiro atoms. The van der Waals surface area contributed by atoms with Crippen molar-refractivity contribution in [2.24, 2.45) is 16.2 Å². The number of rotatable bonds is 1. The fraction of sp³-hybridized carbons (Fsp3) is 0.750. The predicted molar refractivity (Wildman–Crippen MR) is 92.3 cm³/mol. The molecule has 0 bridgehead atoms. The molecule has 0 radical (unpaired) electrons. The second-order valence-corrected chi connectivity index (χ2v) is 9.09.